The fourth-order valence-electron chi connectivity index (χ4n) is 1.30. The molecule has 0 radical (unpaired) electrons. The molecule has 1 aromatic heterocycles. The van der Waals surface area contributed by atoms with Crippen molar-refractivity contribution in [2.75, 3.05) is 12.3 Å². The fraction of sp³-hybridized carbons (Fsp3) is 0.500. The Bertz CT molecular complexity index is 513. The molecule has 0 aliphatic carbocycles. The number of nitrogen functional groups attached to an aromatic ring is 1. The van der Waals surface area contributed by atoms with E-state index in [0.29, 0.717) is 13.0 Å². The maximum absolute atomic E-state index is 11.8. The fourth-order valence-corrected chi connectivity index (χ4v) is 2.41. The number of nitrogens with one attached hydrogen (secondary N) is 1. The number of aryl methyl sites for hydroxylation is 1. The minimum atomic E-state index is -3.61. The largest absolute Gasteiger partial charge is 0.381 e. The number of hydrogen-bond donors (Lipinski definition) is 2. The van der Waals surface area contributed by atoms with Gasteiger partial charge in [0, 0.05) is 25.7 Å². The number of anilines is 1. The first-order valence-corrected chi connectivity index (χ1v) is 6.75. The second-order valence-corrected chi connectivity index (χ2v) is 5.23. The molecule has 94 valence electrons. The van der Waals surface area contributed by atoms with Gasteiger partial charge in [0.05, 0.1) is 0 Å². The van der Waals surface area contributed by atoms with Crippen LogP contribution in [0.2, 0.25) is 0 Å². The van der Waals surface area contributed by atoms with Crippen molar-refractivity contribution >= 4 is 15.8 Å². The molecule has 0 aliphatic rings. The Labute approximate surface area is 101 Å². The van der Waals surface area contributed by atoms with Crippen LogP contribution in [0, 0.1) is 12.3 Å². The summed E-state index contributed by atoms with van der Waals surface area (Å²) in [4.78, 5) is 0.00275. The third-order valence-electron chi connectivity index (χ3n) is 2.06. The number of hydrogen-bond acceptors (Lipinski definition) is 4. The van der Waals surface area contributed by atoms with Gasteiger partial charge in [-0.15, -0.1) is 12.3 Å². The molecule has 0 aliphatic heterocycles. The molecule has 0 bridgehead atoms. The van der Waals surface area contributed by atoms with Gasteiger partial charge in [0.25, 0.3) is 0 Å². The van der Waals surface area contributed by atoms with Gasteiger partial charge in [-0.1, -0.05) is 6.92 Å². The maximum atomic E-state index is 11.8. The number of nitrogens with zero attached hydrogens (tertiary/aromatic N) is 2. The van der Waals surface area contributed by atoms with E-state index in [-0.39, 0.29) is 17.3 Å². The number of aromatic nitrogens is 2. The highest BCUT2D eigenvalue weighted by atomic mass is 32.2. The van der Waals surface area contributed by atoms with Gasteiger partial charge >= 0.3 is 0 Å². The molecule has 0 amide bonds. The van der Waals surface area contributed by atoms with Crippen LogP contribution in [0.4, 0.5) is 5.82 Å². The van der Waals surface area contributed by atoms with Crippen molar-refractivity contribution in [3.63, 3.8) is 0 Å². The zero-order valence-electron chi connectivity index (χ0n) is 9.68. The zero-order chi connectivity index (χ0) is 12.9. The molecule has 0 spiro atoms. The van der Waals surface area contributed by atoms with Crippen molar-refractivity contribution in [2.24, 2.45) is 0 Å². The highest BCUT2D eigenvalue weighted by molar-refractivity contribution is 7.89. The molecule has 0 fully saturated rings. The minimum absolute atomic E-state index is 0.00275. The second-order valence-electron chi connectivity index (χ2n) is 3.49. The van der Waals surface area contributed by atoms with Gasteiger partial charge in [0.2, 0.25) is 10.0 Å². The molecular formula is C10H16N4O2S. The first kappa shape index (κ1) is 13.5. The normalized spacial score (nSPS) is 11.3. The Hall–Kier alpha value is -1.52. The van der Waals surface area contributed by atoms with Gasteiger partial charge in [0.15, 0.2) is 5.82 Å². The molecule has 1 heterocycles. The lowest BCUT2D eigenvalue weighted by atomic mass is 10.5. The quantitative estimate of drug-likeness (QED) is 0.561. The van der Waals surface area contributed by atoms with Gasteiger partial charge < -0.3 is 5.73 Å². The Balaban J connectivity index is 2.87. The summed E-state index contributed by atoms with van der Waals surface area (Å²) in [5, 5.41) is 3.93. The minimum Gasteiger partial charge on any atom is -0.381 e. The average molecular weight is 256 g/mol. The summed E-state index contributed by atoms with van der Waals surface area (Å²) >= 11 is 0. The summed E-state index contributed by atoms with van der Waals surface area (Å²) in [6, 6.07) is 0. The predicted octanol–water partition coefficient (Wildman–Crippen LogP) is 0.177. The van der Waals surface area contributed by atoms with E-state index in [1.54, 1.807) is 0 Å². The van der Waals surface area contributed by atoms with Crippen LogP contribution in [0.25, 0.3) is 0 Å². The molecule has 1 aromatic rings. The van der Waals surface area contributed by atoms with E-state index in [1.807, 2.05) is 6.92 Å². The lowest BCUT2D eigenvalue weighted by Gasteiger charge is -2.02. The maximum Gasteiger partial charge on any atom is 0.245 e. The van der Waals surface area contributed by atoms with Gasteiger partial charge in [-0.2, -0.15) is 5.10 Å². The van der Waals surface area contributed by atoms with Crippen LogP contribution in [0.1, 0.15) is 19.8 Å². The summed E-state index contributed by atoms with van der Waals surface area (Å²) in [5.41, 5.74) is 5.57. The first-order chi connectivity index (χ1) is 8.01. The highest BCUT2D eigenvalue weighted by Crippen LogP contribution is 2.15. The summed E-state index contributed by atoms with van der Waals surface area (Å²) in [6.45, 7) is 2.79. The molecule has 0 saturated carbocycles. The van der Waals surface area contributed by atoms with E-state index in [1.165, 1.54) is 10.9 Å². The van der Waals surface area contributed by atoms with Crippen LogP contribution in [0.3, 0.4) is 0 Å². The Morgan fingerprint density at radius 2 is 2.35 bits per heavy atom. The number of nitrogens with two attached hydrogens (primary N) is 1. The number of rotatable bonds is 6. The lowest BCUT2D eigenvalue weighted by molar-refractivity contribution is 0.580. The number of terminal acetylenes is 1. The summed E-state index contributed by atoms with van der Waals surface area (Å²) in [6.07, 6.45) is 7.66. The van der Waals surface area contributed by atoms with Crippen LogP contribution in [-0.2, 0) is 16.6 Å². The summed E-state index contributed by atoms with van der Waals surface area (Å²) in [5.74, 6) is 2.36. The Morgan fingerprint density at radius 3 is 2.94 bits per heavy atom. The molecular weight excluding hydrogens is 240 g/mol. The van der Waals surface area contributed by atoms with Crippen LogP contribution in [-0.4, -0.2) is 24.7 Å². The molecule has 17 heavy (non-hydrogen) atoms. The van der Waals surface area contributed by atoms with Crippen molar-refractivity contribution in [3.8, 4) is 12.3 Å². The summed E-state index contributed by atoms with van der Waals surface area (Å²) < 4.78 is 27.6. The molecule has 3 N–H and O–H groups in total. The SMILES string of the molecule is C#CCCNS(=O)(=O)c1cn(CCC)nc1N. The van der Waals surface area contributed by atoms with Crippen LogP contribution in [0.15, 0.2) is 11.1 Å². The topological polar surface area (TPSA) is 90.0 Å². The molecule has 6 nitrogen and oxygen atoms in total. The molecule has 0 aromatic carbocycles. The van der Waals surface area contributed by atoms with E-state index in [4.69, 9.17) is 12.2 Å². The van der Waals surface area contributed by atoms with E-state index in [9.17, 15) is 8.42 Å². The van der Waals surface area contributed by atoms with E-state index < -0.39 is 10.0 Å². The average Bonchev–Trinajstić information content (AvgIpc) is 2.61. The van der Waals surface area contributed by atoms with Crippen LogP contribution in [0.5, 0.6) is 0 Å². The number of sulfonamides is 1. The van der Waals surface area contributed by atoms with Crippen molar-refractivity contribution in [3.05, 3.63) is 6.20 Å². The van der Waals surface area contributed by atoms with Gasteiger partial charge in [-0.25, -0.2) is 13.1 Å². The van der Waals surface area contributed by atoms with Gasteiger partial charge in [0.1, 0.15) is 4.90 Å². The first-order valence-electron chi connectivity index (χ1n) is 5.27. The van der Waals surface area contributed by atoms with E-state index >= 15 is 0 Å². The van der Waals surface area contributed by atoms with Crippen molar-refractivity contribution in [1.29, 1.82) is 0 Å². The van der Waals surface area contributed by atoms with E-state index in [0.717, 1.165) is 6.42 Å². The molecule has 0 atom stereocenters. The van der Waals surface area contributed by atoms with E-state index in [2.05, 4.69) is 15.7 Å². The monoisotopic (exact) mass is 256 g/mol. The lowest BCUT2D eigenvalue weighted by Crippen LogP contribution is -2.25. The molecule has 0 saturated heterocycles. The Kier molecular flexibility index (Phi) is 4.54. The molecule has 1 rings (SSSR count). The second kappa shape index (κ2) is 5.70. The van der Waals surface area contributed by atoms with Crippen molar-refractivity contribution in [2.45, 2.75) is 31.2 Å². The third-order valence-corrected chi connectivity index (χ3v) is 3.54. The molecule has 0 unspecified atom stereocenters. The summed E-state index contributed by atoms with van der Waals surface area (Å²) in [7, 11) is -3.61. The highest BCUT2D eigenvalue weighted by Gasteiger charge is 2.20. The third kappa shape index (κ3) is 3.47. The van der Waals surface area contributed by atoms with Crippen molar-refractivity contribution in [1.82, 2.24) is 14.5 Å². The standard InChI is InChI=1S/C10H16N4O2S/c1-3-5-6-12-17(15,16)9-8-14(7-4-2)13-10(9)11/h1,8,12H,4-7H2,2H3,(H2,11,13). The smallest absolute Gasteiger partial charge is 0.245 e. The molecule has 7 heteroatoms. The Morgan fingerprint density at radius 1 is 1.65 bits per heavy atom. The zero-order valence-corrected chi connectivity index (χ0v) is 10.5. The van der Waals surface area contributed by atoms with Crippen LogP contribution >= 0.6 is 0 Å². The van der Waals surface area contributed by atoms with Gasteiger partial charge in [-0.3, -0.25) is 4.68 Å². The van der Waals surface area contributed by atoms with Gasteiger partial charge in [-0.05, 0) is 6.42 Å². The van der Waals surface area contributed by atoms with Crippen LogP contribution < -0.4 is 10.5 Å². The van der Waals surface area contributed by atoms with Crippen molar-refractivity contribution < 1.29 is 8.42 Å². The predicted molar refractivity (Wildman–Crippen MR) is 65.6 cm³/mol.